The van der Waals surface area contributed by atoms with Crippen molar-refractivity contribution in [1.29, 1.82) is 0 Å². The summed E-state index contributed by atoms with van der Waals surface area (Å²) in [6, 6.07) is 7.55. The number of rotatable bonds is 10. The number of nitrogens with one attached hydrogen (secondary N) is 1. The highest BCUT2D eigenvalue weighted by Gasteiger charge is 2.34. The van der Waals surface area contributed by atoms with E-state index in [1.165, 1.54) is 30.6 Å². The first-order valence-corrected chi connectivity index (χ1v) is 11.6. The third-order valence-electron chi connectivity index (χ3n) is 5.51. The van der Waals surface area contributed by atoms with Crippen molar-refractivity contribution in [3.05, 3.63) is 80.5 Å². The van der Waals surface area contributed by atoms with Crippen LogP contribution in [-0.4, -0.2) is 35.2 Å². The van der Waals surface area contributed by atoms with Crippen LogP contribution in [0.15, 0.2) is 58.4 Å². The molecule has 0 aliphatic carbocycles. The molecule has 2 aromatic carbocycles. The van der Waals surface area contributed by atoms with Crippen LogP contribution in [0.4, 0.5) is 18.9 Å². The fourth-order valence-electron chi connectivity index (χ4n) is 3.72. The number of aromatic nitrogens is 2. The highest BCUT2D eigenvalue weighted by molar-refractivity contribution is 5.86. The van der Waals surface area contributed by atoms with Crippen molar-refractivity contribution < 1.29 is 32.2 Å². The standard InChI is InChI=1S/C26H22F3N3O6/c1-3-36-23-20(21(33)22(23)34)31-18(25(35)37-4-2)11-14-5-7-16(8-6-14)38-24-17-13-30-10-9-15(17)12-19(32-24)26(27,28)29/h5-10,12-13,18,31H,3-4,11H2,1-2H3/t18-/m0/s1. The van der Waals surface area contributed by atoms with E-state index in [1.807, 2.05) is 0 Å². The van der Waals surface area contributed by atoms with Crippen LogP contribution in [0.1, 0.15) is 25.1 Å². The van der Waals surface area contributed by atoms with Gasteiger partial charge in [0.25, 0.3) is 10.9 Å². The van der Waals surface area contributed by atoms with Gasteiger partial charge in [0.1, 0.15) is 23.2 Å². The van der Waals surface area contributed by atoms with Crippen LogP contribution in [-0.2, 0) is 22.1 Å². The first-order chi connectivity index (χ1) is 18.1. The summed E-state index contributed by atoms with van der Waals surface area (Å²) in [5.41, 5.74) is -2.14. The average Bonchev–Trinajstić information content (AvgIpc) is 2.90. The molecule has 4 aromatic rings. The number of benzene rings is 1. The Morgan fingerprint density at radius 2 is 1.79 bits per heavy atom. The molecule has 12 heteroatoms. The number of nitrogens with zero attached hydrogens (tertiary/aromatic N) is 2. The number of fused-ring (bicyclic) bond motifs is 1. The number of pyridine rings is 2. The number of halogens is 3. The maximum Gasteiger partial charge on any atom is 0.433 e. The van der Waals surface area contributed by atoms with E-state index in [0.29, 0.717) is 10.9 Å². The molecule has 0 unspecified atom stereocenters. The van der Waals surface area contributed by atoms with E-state index in [2.05, 4.69) is 15.3 Å². The molecule has 38 heavy (non-hydrogen) atoms. The molecule has 2 heterocycles. The Morgan fingerprint density at radius 1 is 1.05 bits per heavy atom. The van der Waals surface area contributed by atoms with Gasteiger partial charge in [0.05, 0.1) is 18.6 Å². The van der Waals surface area contributed by atoms with E-state index in [4.69, 9.17) is 14.2 Å². The molecule has 0 spiro atoms. The summed E-state index contributed by atoms with van der Waals surface area (Å²) >= 11 is 0. The number of esters is 1. The van der Waals surface area contributed by atoms with Crippen molar-refractivity contribution in [3.63, 3.8) is 0 Å². The molecule has 0 radical (unpaired) electrons. The van der Waals surface area contributed by atoms with Crippen LogP contribution in [0.3, 0.4) is 0 Å². The van der Waals surface area contributed by atoms with Crippen LogP contribution in [0, 0.1) is 0 Å². The normalized spacial score (nSPS) is 12.3. The highest BCUT2D eigenvalue weighted by Crippen LogP contribution is 2.35. The molecule has 0 aliphatic rings. The lowest BCUT2D eigenvalue weighted by molar-refractivity contribution is -0.144. The highest BCUT2D eigenvalue weighted by atomic mass is 19.4. The van der Waals surface area contributed by atoms with Gasteiger partial charge in [-0.3, -0.25) is 14.6 Å². The van der Waals surface area contributed by atoms with E-state index in [1.54, 1.807) is 26.0 Å². The molecular weight excluding hydrogens is 507 g/mol. The van der Waals surface area contributed by atoms with Crippen molar-refractivity contribution in [1.82, 2.24) is 9.97 Å². The smallest absolute Gasteiger partial charge is 0.433 e. The van der Waals surface area contributed by atoms with Crippen molar-refractivity contribution in [2.75, 3.05) is 18.5 Å². The quantitative estimate of drug-likeness (QED) is 0.240. The van der Waals surface area contributed by atoms with Crippen LogP contribution in [0.25, 0.3) is 10.8 Å². The van der Waals surface area contributed by atoms with Gasteiger partial charge in [-0.25, -0.2) is 9.78 Å². The zero-order chi connectivity index (χ0) is 27.4. The first-order valence-electron chi connectivity index (χ1n) is 11.6. The first kappa shape index (κ1) is 26.6. The second kappa shape index (κ2) is 10.9. The van der Waals surface area contributed by atoms with Crippen molar-refractivity contribution >= 4 is 22.4 Å². The Hall–Kier alpha value is -4.48. The van der Waals surface area contributed by atoms with Gasteiger partial charge in [-0.05, 0) is 49.1 Å². The van der Waals surface area contributed by atoms with Crippen molar-refractivity contribution in [2.45, 2.75) is 32.5 Å². The zero-order valence-corrected chi connectivity index (χ0v) is 20.3. The number of ether oxygens (including phenoxy) is 3. The average molecular weight is 529 g/mol. The Balaban J connectivity index is 1.56. The van der Waals surface area contributed by atoms with Gasteiger partial charge < -0.3 is 19.5 Å². The molecule has 2 aromatic heterocycles. The van der Waals surface area contributed by atoms with E-state index < -0.39 is 34.7 Å². The van der Waals surface area contributed by atoms with E-state index in [0.717, 1.165) is 6.07 Å². The van der Waals surface area contributed by atoms with Crippen LogP contribution in [0.5, 0.6) is 17.4 Å². The third-order valence-corrected chi connectivity index (χ3v) is 5.51. The number of anilines is 1. The summed E-state index contributed by atoms with van der Waals surface area (Å²) in [4.78, 5) is 43.9. The number of alkyl halides is 3. The lowest BCUT2D eigenvalue weighted by atomic mass is 10.0. The van der Waals surface area contributed by atoms with E-state index >= 15 is 0 Å². The molecule has 9 nitrogen and oxygen atoms in total. The predicted molar refractivity (Wildman–Crippen MR) is 131 cm³/mol. The molecule has 1 atom stereocenters. The lowest BCUT2D eigenvalue weighted by Crippen LogP contribution is -2.42. The summed E-state index contributed by atoms with van der Waals surface area (Å²) in [5, 5.41) is 3.32. The molecule has 0 saturated carbocycles. The van der Waals surface area contributed by atoms with Gasteiger partial charge in [-0.1, -0.05) is 12.1 Å². The number of carbonyl (C=O) groups excluding carboxylic acids is 1. The molecule has 198 valence electrons. The minimum Gasteiger partial charge on any atom is -0.488 e. The van der Waals surface area contributed by atoms with Gasteiger partial charge in [-0.2, -0.15) is 13.2 Å². The maximum absolute atomic E-state index is 13.3. The maximum atomic E-state index is 13.3. The van der Waals surface area contributed by atoms with Crippen LogP contribution < -0.4 is 25.6 Å². The summed E-state index contributed by atoms with van der Waals surface area (Å²) < 4.78 is 56.0. The molecule has 0 saturated heterocycles. The second-order valence-corrected chi connectivity index (χ2v) is 8.10. The molecule has 0 amide bonds. The largest absolute Gasteiger partial charge is 0.488 e. The summed E-state index contributed by atoms with van der Waals surface area (Å²) in [6.45, 7) is 3.55. The Morgan fingerprint density at radius 3 is 2.45 bits per heavy atom. The second-order valence-electron chi connectivity index (χ2n) is 8.10. The molecule has 0 bridgehead atoms. The predicted octanol–water partition coefficient (Wildman–Crippen LogP) is 4.02. The molecule has 4 rings (SSSR count). The molecule has 0 aliphatic heterocycles. The topological polar surface area (TPSA) is 117 Å². The zero-order valence-electron chi connectivity index (χ0n) is 20.3. The Bertz CT molecular complexity index is 1530. The summed E-state index contributed by atoms with van der Waals surface area (Å²) in [6.07, 6.45) is -1.87. The van der Waals surface area contributed by atoms with Crippen molar-refractivity contribution in [2.24, 2.45) is 0 Å². The Labute approximate surface area is 213 Å². The number of hydrogen-bond acceptors (Lipinski definition) is 9. The fraction of sp³-hybridized carbons (Fsp3) is 0.269. The van der Waals surface area contributed by atoms with Gasteiger partial charge in [0, 0.05) is 18.8 Å². The van der Waals surface area contributed by atoms with Gasteiger partial charge in [0.2, 0.25) is 5.88 Å². The minimum absolute atomic E-state index is 0.0676. The molecule has 0 fully saturated rings. The third kappa shape index (κ3) is 5.58. The number of carbonyl (C=O) groups is 1. The lowest BCUT2D eigenvalue weighted by Gasteiger charge is -2.21. The molecular formula is C26H22F3N3O6. The Kier molecular flexibility index (Phi) is 7.60. The fourth-order valence-corrected chi connectivity index (χ4v) is 3.72. The van der Waals surface area contributed by atoms with Crippen molar-refractivity contribution in [3.8, 4) is 17.4 Å². The van der Waals surface area contributed by atoms with Gasteiger partial charge in [0.15, 0.2) is 5.75 Å². The number of hydrogen-bond donors (Lipinski definition) is 1. The van der Waals surface area contributed by atoms with Gasteiger partial charge in [-0.15, -0.1) is 0 Å². The summed E-state index contributed by atoms with van der Waals surface area (Å²) in [7, 11) is 0. The van der Waals surface area contributed by atoms with Crippen LogP contribution >= 0.6 is 0 Å². The van der Waals surface area contributed by atoms with E-state index in [-0.39, 0.29) is 48.1 Å². The summed E-state index contributed by atoms with van der Waals surface area (Å²) in [5.74, 6) is -0.834. The molecule has 1 N–H and O–H groups in total. The SMILES string of the molecule is CCOC(=O)[C@H](Cc1ccc(Oc2nc(C(F)(F)F)cc3ccncc23)cc1)Nc1c(OCC)c(=O)c1=O. The van der Waals surface area contributed by atoms with Crippen LogP contribution in [0.2, 0.25) is 0 Å². The van der Waals surface area contributed by atoms with E-state index in [9.17, 15) is 27.6 Å². The van der Waals surface area contributed by atoms with Gasteiger partial charge >= 0.3 is 12.1 Å². The monoisotopic (exact) mass is 529 g/mol. The minimum atomic E-state index is -4.67.